The minimum Gasteiger partial charge on any atom is -0.480 e. The topological polar surface area (TPSA) is 74.7 Å². The number of carboxylic acids is 1. The first-order valence-electron chi connectivity index (χ1n) is 5.68. The minimum atomic E-state index is -3.79. The van der Waals surface area contributed by atoms with Crippen LogP contribution in [0, 0.1) is 0 Å². The molecule has 1 unspecified atom stereocenters. The zero-order chi connectivity index (χ0) is 13.5. The Morgan fingerprint density at radius 1 is 1.50 bits per heavy atom. The highest BCUT2D eigenvalue weighted by atomic mass is 32.2. The van der Waals surface area contributed by atoms with Crippen LogP contribution in [0.1, 0.15) is 12.5 Å². The molecule has 0 fully saturated rings. The van der Waals surface area contributed by atoms with E-state index < -0.39 is 21.1 Å². The van der Waals surface area contributed by atoms with Gasteiger partial charge in [-0.25, -0.2) is 8.42 Å². The molecule has 1 heterocycles. The van der Waals surface area contributed by atoms with Crippen molar-refractivity contribution < 1.29 is 18.3 Å². The van der Waals surface area contributed by atoms with Crippen molar-refractivity contribution >= 4 is 21.5 Å². The molecule has 5 nitrogen and oxygen atoms in total. The summed E-state index contributed by atoms with van der Waals surface area (Å²) in [5.41, 5.74) is 1.46. The molecule has 2 rings (SSSR count). The molecule has 0 aromatic heterocycles. The molecule has 1 atom stereocenters. The number of aliphatic carboxylic acids is 1. The second-order valence-electron chi connectivity index (χ2n) is 4.41. The number of hydrogen-bond acceptors (Lipinski definition) is 4. The summed E-state index contributed by atoms with van der Waals surface area (Å²) in [6.07, 6.45) is 0.713. The largest absolute Gasteiger partial charge is 0.480 e. The third kappa shape index (κ3) is 1.86. The number of rotatable bonds is 2. The SMILES string of the molecule is CCc1ccc2c(c1)S(=O)(=O)C(C(=O)O)CN2C. The number of sulfone groups is 1. The monoisotopic (exact) mass is 269 g/mol. The smallest absolute Gasteiger partial charge is 0.324 e. The van der Waals surface area contributed by atoms with Gasteiger partial charge in [-0.3, -0.25) is 4.79 Å². The van der Waals surface area contributed by atoms with Crippen LogP contribution >= 0.6 is 0 Å². The third-order valence-corrected chi connectivity index (χ3v) is 5.28. The number of benzene rings is 1. The number of hydrogen-bond donors (Lipinski definition) is 1. The van der Waals surface area contributed by atoms with Crippen LogP contribution in [0.3, 0.4) is 0 Å². The molecule has 0 spiro atoms. The van der Waals surface area contributed by atoms with Crippen molar-refractivity contribution in [3.05, 3.63) is 23.8 Å². The van der Waals surface area contributed by atoms with Crippen molar-refractivity contribution in [3.8, 4) is 0 Å². The number of aryl methyl sites for hydroxylation is 1. The van der Waals surface area contributed by atoms with Crippen LogP contribution in [0.15, 0.2) is 23.1 Å². The molecule has 0 aliphatic carbocycles. The lowest BCUT2D eigenvalue weighted by Gasteiger charge is -2.31. The maximum atomic E-state index is 12.3. The van der Waals surface area contributed by atoms with Crippen LogP contribution in [0.2, 0.25) is 0 Å². The first-order chi connectivity index (χ1) is 8.37. The third-order valence-electron chi connectivity index (χ3n) is 3.24. The molecule has 0 saturated carbocycles. The van der Waals surface area contributed by atoms with Gasteiger partial charge in [0.1, 0.15) is 0 Å². The first-order valence-corrected chi connectivity index (χ1v) is 7.23. The molecule has 0 saturated heterocycles. The summed E-state index contributed by atoms with van der Waals surface area (Å²) in [6.45, 7) is 1.91. The fourth-order valence-corrected chi connectivity index (χ4v) is 3.95. The Bertz CT molecular complexity index is 594. The zero-order valence-corrected chi connectivity index (χ0v) is 11.1. The van der Waals surface area contributed by atoms with Gasteiger partial charge in [-0.15, -0.1) is 0 Å². The van der Waals surface area contributed by atoms with E-state index in [2.05, 4.69) is 0 Å². The van der Waals surface area contributed by atoms with Gasteiger partial charge in [-0.1, -0.05) is 13.0 Å². The molecule has 6 heteroatoms. The minimum absolute atomic E-state index is 0.0177. The highest BCUT2D eigenvalue weighted by Gasteiger charge is 2.41. The number of fused-ring (bicyclic) bond motifs is 1. The van der Waals surface area contributed by atoms with Crippen LogP contribution < -0.4 is 4.90 Å². The fraction of sp³-hybridized carbons (Fsp3) is 0.417. The molecule has 0 radical (unpaired) electrons. The van der Waals surface area contributed by atoms with Crippen LogP contribution in [0.5, 0.6) is 0 Å². The van der Waals surface area contributed by atoms with E-state index in [4.69, 9.17) is 5.11 Å². The average Bonchev–Trinajstić information content (AvgIpc) is 2.33. The van der Waals surface area contributed by atoms with E-state index in [0.29, 0.717) is 12.1 Å². The summed E-state index contributed by atoms with van der Waals surface area (Å²) >= 11 is 0. The molecule has 1 aliphatic rings. The van der Waals surface area contributed by atoms with Gasteiger partial charge in [0.2, 0.25) is 0 Å². The first kappa shape index (κ1) is 12.9. The van der Waals surface area contributed by atoms with Gasteiger partial charge in [0.15, 0.2) is 15.1 Å². The van der Waals surface area contributed by atoms with Crippen LogP contribution in [-0.2, 0) is 21.1 Å². The Hall–Kier alpha value is -1.56. The van der Waals surface area contributed by atoms with Gasteiger partial charge in [0.05, 0.1) is 10.6 Å². The van der Waals surface area contributed by atoms with E-state index in [-0.39, 0.29) is 11.4 Å². The summed E-state index contributed by atoms with van der Waals surface area (Å²) in [5, 5.41) is 7.65. The second-order valence-corrected chi connectivity index (χ2v) is 6.51. The van der Waals surface area contributed by atoms with Gasteiger partial charge in [0, 0.05) is 13.6 Å². The summed E-state index contributed by atoms with van der Waals surface area (Å²) < 4.78 is 24.5. The fourth-order valence-electron chi connectivity index (χ4n) is 2.13. The Balaban J connectivity index is 2.66. The quantitative estimate of drug-likeness (QED) is 0.864. The lowest BCUT2D eigenvalue weighted by atomic mass is 10.1. The summed E-state index contributed by atoms with van der Waals surface area (Å²) in [7, 11) is -2.09. The summed E-state index contributed by atoms with van der Waals surface area (Å²) in [6, 6.07) is 5.19. The molecular formula is C12H15NO4S. The van der Waals surface area contributed by atoms with Gasteiger partial charge in [-0.05, 0) is 24.1 Å². The summed E-state index contributed by atoms with van der Waals surface area (Å²) in [4.78, 5) is 12.9. The maximum Gasteiger partial charge on any atom is 0.324 e. The van der Waals surface area contributed by atoms with Crippen LogP contribution in [0.4, 0.5) is 5.69 Å². The van der Waals surface area contributed by atoms with Crippen molar-refractivity contribution in [2.24, 2.45) is 0 Å². The normalized spacial score (nSPS) is 21.4. The lowest BCUT2D eigenvalue weighted by molar-refractivity contribution is -0.136. The predicted molar refractivity (Wildman–Crippen MR) is 67.7 cm³/mol. The molecule has 0 amide bonds. The molecule has 0 bridgehead atoms. The highest BCUT2D eigenvalue weighted by Crippen LogP contribution is 2.33. The molecular weight excluding hydrogens is 254 g/mol. The van der Waals surface area contributed by atoms with Crippen LogP contribution in [-0.4, -0.2) is 38.3 Å². The number of carboxylic acid groups (broad SMARTS) is 1. The van der Waals surface area contributed by atoms with E-state index in [1.807, 2.05) is 13.0 Å². The van der Waals surface area contributed by atoms with Crippen molar-refractivity contribution in [1.29, 1.82) is 0 Å². The molecule has 1 N–H and O–H groups in total. The highest BCUT2D eigenvalue weighted by molar-refractivity contribution is 7.93. The molecule has 1 aliphatic heterocycles. The second kappa shape index (κ2) is 4.28. The molecule has 98 valence electrons. The van der Waals surface area contributed by atoms with Gasteiger partial charge in [0.25, 0.3) is 0 Å². The molecule has 1 aromatic carbocycles. The lowest BCUT2D eigenvalue weighted by Crippen LogP contribution is -2.45. The number of carbonyl (C=O) groups is 1. The van der Waals surface area contributed by atoms with Gasteiger partial charge < -0.3 is 10.0 Å². The van der Waals surface area contributed by atoms with Crippen molar-refractivity contribution in [2.45, 2.75) is 23.5 Å². The Labute approximate surface area is 106 Å². The van der Waals surface area contributed by atoms with E-state index in [1.54, 1.807) is 24.1 Å². The van der Waals surface area contributed by atoms with Gasteiger partial charge >= 0.3 is 5.97 Å². The maximum absolute atomic E-state index is 12.3. The number of anilines is 1. The molecule has 1 aromatic rings. The average molecular weight is 269 g/mol. The Kier molecular flexibility index (Phi) is 3.06. The zero-order valence-electron chi connectivity index (χ0n) is 10.3. The predicted octanol–water partition coefficient (Wildman–Crippen LogP) is 0.926. The number of nitrogens with zero attached hydrogens (tertiary/aromatic N) is 1. The Morgan fingerprint density at radius 2 is 2.17 bits per heavy atom. The van der Waals surface area contributed by atoms with Crippen molar-refractivity contribution in [2.75, 3.05) is 18.5 Å². The van der Waals surface area contributed by atoms with Crippen LogP contribution in [0.25, 0.3) is 0 Å². The summed E-state index contributed by atoms with van der Waals surface area (Å²) in [5.74, 6) is -1.30. The van der Waals surface area contributed by atoms with Crippen molar-refractivity contribution in [1.82, 2.24) is 0 Å². The molecule has 18 heavy (non-hydrogen) atoms. The van der Waals surface area contributed by atoms with E-state index in [0.717, 1.165) is 5.56 Å². The van der Waals surface area contributed by atoms with E-state index in [1.165, 1.54) is 0 Å². The van der Waals surface area contributed by atoms with E-state index >= 15 is 0 Å². The van der Waals surface area contributed by atoms with E-state index in [9.17, 15) is 13.2 Å². The Morgan fingerprint density at radius 3 is 2.72 bits per heavy atom. The van der Waals surface area contributed by atoms with Gasteiger partial charge in [-0.2, -0.15) is 0 Å². The standard InChI is InChI=1S/C12H15NO4S/c1-3-8-4-5-9-10(6-8)18(16,17)11(12(14)15)7-13(9)2/h4-6,11H,3,7H2,1-2H3,(H,14,15). The van der Waals surface area contributed by atoms with Crippen molar-refractivity contribution in [3.63, 3.8) is 0 Å².